The lowest BCUT2D eigenvalue weighted by Gasteiger charge is -2.37. The summed E-state index contributed by atoms with van der Waals surface area (Å²) >= 11 is 1.77. The number of carbonyl (C=O) groups is 1. The van der Waals surface area contributed by atoms with E-state index in [0.29, 0.717) is 12.6 Å². The minimum Gasteiger partial charge on any atom is -0.395 e. The summed E-state index contributed by atoms with van der Waals surface area (Å²) in [6, 6.07) is 8.16. The Kier molecular flexibility index (Phi) is 5.28. The first-order valence-electron chi connectivity index (χ1n) is 6.76. The summed E-state index contributed by atoms with van der Waals surface area (Å²) in [6.45, 7) is 0.475. The van der Waals surface area contributed by atoms with Crippen molar-refractivity contribution in [3.8, 4) is 0 Å². The summed E-state index contributed by atoms with van der Waals surface area (Å²) in [6.07, 6.45) is 5.39. The summed E-state index contributed by atoms with van der Waals surface area (Å²) in [5, 5.41) is 9.12. The molecular weight excluding hydrogens is 258 g/mol. The first kappa shape index (κ1) is 14.4. The fourth-order valence-corrected chi connectivity index (χ4v) is 2.86. The molecule has 1 amide bonds. The molecule has 3 nitrogen and oxygen atoms in total. The highest BCUT2D eigenvalue weighted by Gasteiger charge is 2.28. The lowest BCUT2D eigenvalue weighted by molar-refractivity contribution is 0.0526. The smallest absolute Gasteiger partial charge is 0.254 e. The molecule has 0 heterocycles. The van der Waals surface area contributed by atoms with Gasteiger partial charge in [-0.05, 0) is 43.2 Å². The van der Waals surface area contributed by atoms with Gasteiger partial charge < -0.3 is 10.0 Å². The Bertz CT molecular complexity index is 415. The number of aliphatic hydroxyl groups is 1. The van der Waals surface area contributed by atoms with Crippen LogP contribution in [0.5, 0.6) is 0 Å². The molecule has 1 aromatic rings. The van der Waals surface area contributed by atoms with Crippen molar-refractivity contribution in [2.75, 3.05) is 19.4 Å². The molecular formula is C15H21NO2S. The van der Waals surface area contributed by atoms with Gasteiger partial charge in [0.25, 0.3) is 5.91 Å². The maximum absolute atomic E-state index is 12.4. The summed E-state index contributed by atoms with van der Waals surface area (Å²) in [5.74, 6) is 1.02. The van der Waals surface area contributed by atoms with Crippen LogP contribution in [0.15, 0.2) is 24.3 Å². The van der Waals surface area contributed by atoms with Crippen LogP contribution in [0.3, 0.4) is 0 Å². The molecule has 1 aliphatic rings. The van der Waals surface area contributed by atoms with Gasteiger partial charge in [0, 0.05) is 23.9 Å². The van der Waals surface area contributed by atoms with Gasteiger partial charge in [-0.2, -0.15) is 11.8 Å². The van der Waals surface area contributed by atoms with Crippen LogP contribution in [-0.2, 0) is 5.75 Å². The molecule has 4 heteroatoms. The molecule has 1 aromatic carbocycles. The molecule has 0 spiro atoms. The molecule has 1 saturated carbocycles. The maximum atomic E-state index is 12.4. The molecule has 2 rings (SSSR count). The van der Waals surface area contributed by atoms with E-state index in [9.17, 15) is 4.79 Å². The minimum absolute atomic E-state index is 0.0345. The second-order valence-electron chi connectivity index (χ2n) is 4.94. The van der Waals surface area contributed by atoms with Crippen LogP contribution in [0.25, 0.3) is 0 Å². The zero-order chi connectivity index (χ0) is 13.7. The van der Waals surface area contributed by atoms with Crippen LogP contribution in [-0.4, -0.2) is 41.4 Å². The minimum atomic E-state index is 0.0345. The standard InChI is InChI=1S/C15H21NO2S/c1-19-11-12-5-7-13(8-6-12)15(18)16(9-10-17)14-3-2-4-14/h5-8,14,17H,2-4,9-11H2,1H3. The Morgan fingerprint density at radius 1 is 1.37 bits per heavy atom. The van der Waals surface area contributed by atoms with Gasteiger partial charge in [-0.3, -0.25) is 4.79 Å². The molecule has 19 heavy (non-hydrogen) atoms. The van der Waals surface area contributed by atoms with Gasteiger partial charge in [-0.1, -0.05) is 12.1 Å². The van der Waals surface area contributed by atoms with Gasteiger partial charge >= 0.3 is 0 Å². The number of amides is 1. The molecule has 0 atom stereocenters. The Hall–Kier alpha value is -1.00. The molecule has 104 valence electrons. The lowest BCUT2D eigenvalue weighted by atomic mass is 9.91. The van der Waals surface area contributed by atoms with Crippen molar-refractivity contribution in [1.82, 2.24) is 4.90 Å². The van der Waals surface area contributed by atoms with Crippen LogP contribution in [0.4, 0.5) is 0 Å². The molecule has 0 aromatic heterocycles. The average Bonchev–Trinajstić information content (AvgIpc) is 2.37. The molecule has 0 radical (unpaired) electrons. The quantitative estimate of drug-likeness (QED) is 0.870. The third-order valence-electron chi connectivity index (χ3n) is 3.63. The number of benzene rings is 1. The SMILES string of the molecule is CSCc1ccc(C(=O)N(CCO)C2CCC2)cc1. The van der Waals surface area contributed by atoms with E-state index < -0.39 is 0 Å². The van der Waals surface area contributed by atoms with Crippen LogP contribution in [0.1, 0.15) is 35.2 Å². The van der Waals surface area contributed by atoms with Crippen LogP contribution in [0.2, 0.25) is 0 Å². The van der Waals surface area contributed by atoms with E-state index in [1.807, 2.05) is 29.2 Å². The summed E-state index contributed by atoms with van der Waals surface area (Å²) in [4.78, 5) is 14.3. The average molecular weight is 279 g/mol. The highest BCUT2D eigenvalue weighted by atomic mass is 32.2. The fourth-order valence-electron chi connectivity index (χ4n) is 2.33. The number of nitrogens with zero attached hydrogens (tertiary/aromatic N) is 1. The Morgan fingerprint density at radius 3 is 2.53 bits per heavy atom. The molecule has 0 bridgehead atoms. The number of carbonyl (C=O) groups excluding carboxylic acids is 1. The van der Waals surface area contributed by atoms with E-state index in [1.165, 1.54) is 12.0 Å². The maximum Gasteiger partial charge on any atom is 0.254 e. The topological polar surface area (TPSA) is 40.5 Å². The van der Waals surface area contributed by atoms with Crippen molar-refractivity contribution in [3.63, 3.8) is 0 Å². The van der Waals surface area contributed by atoms with Crippen molar-refractivity contribution in [1.29, 1.82) is 0 Å². The first-order chi connectivity index (χ1) is 9.26. The second kappa shape index (κ2) is 6.96. The van der Waals surface area contributed by atoms with Crippen LogP contribution >= 0.6 is 11.8 Å². The van der Waals surface area contributed by atoms with Crippen LogP contribution < -0.4 is 0 Å². The zero-order valence-electron chi connectivity index (χ0n) is 11.3. The van der Waals surface area contributed by atoms with E-state index in [0.717, 1.165) is 24.2 Å². The second-order valence-corrected chi connectivity index (χ2v) is 5.80. The van der Waals surface area contributed by atoms with Crippen molar-refractivity contribution in [2.24, 2.45) is 0 Å². The number of rotatable bonds is 6. The molecule has 1 aliphatic carbocycles. The Balaban J connectivity index is 2.07. The number of thioether (sulfide) groups is 1. The predicted octanol–water partition coefficient (Wildman–Crippen LogP) is 2.54. The number of hydrogen-bond acceptors (Lipinski definition) is 3. The van der Waals surface area contributed by atoms with E-state index in [-0.39, 0.29) is 12.5 Å². The monoisotopic (exact) mass is 279 g/mol. The Morgan fingerprint density at radius 2 is 2.05 bits per heavy atom. The van der Waals surface area contributed by atoms with Gasteiger partial charge in [-0.25, -0.2) is 0 Å². The van der Waals surface area contributed by atoms with Crippen LogP contribution in [0, 0.1) is 0 Å². The van der Waals surface area contributed by atoms with Gasteiger partial charge in [0.15, 0.2) is 0 Å². The van der Waals surface area contributed by atoms with Crippen molar-refractivity contribution in [2.45, 2.75) is 31.1 Å². The normalized spacial score (nSPS) is 15.1. The van der Waals surface area contributed by atoms with Crippen molar-refractivity contribution in [3.05, 3.63) is 35.4 Å². The lowest BCUT2D eigenvalue weighted by Crippen LogP contribution is -2.45. The largest absolute Gasteiger partial charge is 0.395 e. The Labute approximate surface area is 119 Å². The molecule has 1 N–H and O–H groups in total. The van der Waals surface area contributed by atoms with Gasteiger partial charge in [0.1, 0.15) is 0 Å². The molecule has 1 fully saturated rings. The summed E-state index contributed by atoms with van der Waals surface area (Å²) in [5.41, 5.74) is 1.96. The van der Waals surface area contributed by atoms with Gasteiger partial charge in [-0.15, -0.1) is 0 Å². The third-order valence-corrected chi connectivity index (χ3v) is 4.25. The first-order valence-corrected chi connectivity index (χ1v) is 8.15. The predicted molar refractivity (Wildman–Crippen MR) is 79.4 cm³/mol. The number of hydrogen-bond donors (Lipinski definition) is 1. The van der Waals surface area contributed by atoms with Gasteiger partial charge in [0.2, 0.25) is 0 Å². The molecule has 0 unspecified atom stereocenters. The third kappa shape index (κ3) is 3.51. The highest BCUT2D eigenvalue weighted by molar-refractivity contribution is 7.97. The fraction of sp³-hybridized carbons (Fsp3) is 0.533. The van der Waals surface area contributed by atoms with Crippen molar-refractivity contribution < 1.29 is 9.90 Å². The zero-order valence-corrected chi connectivity index (χ0v) is 12.2. The highest BCUT2D eigenvalue weighted by Crippen LogP contribution is 2.26. The summed E-state index contributed by atoms with van der Waals surface area (Å²) < 4.78 is 0. The van der Waals surface area contributed by atoms with E-state index in [2.05, 4.69) is 6.26 Å². The molecule has 0 saturated heterocycles. The number of aliphatic hydroxyl groups excluding tert-OH is 1. The molecule has 0 aliphatic heterocycles. The van der Waals surface area contributed by atoms with E-state index >= 15 is 0 Å². The summed E-state index contributed by atoms with van der Waals surface area (Å²) in [7, 11) is 0. The van der Waals surface area contributed by atoms with Crippen molar-refractivity contribution >= 4 is 17.7 Å². The van der Waals surface area contributed by atoms with Gasteiger partial charge in [0.05, 0.1) is 6.61 Å². The van der Waals surface area contributed by atoms with E-state index in [4.69, 9.17) is 5.11 Å². The van der Waals surface area contributed by atoms with E-state index in [1.54, 1.807) is 11.8 Å².